The molecule has 0 amide bonds. The average Bonchev–Trinajstić information content (AvgIpc) is 3.18. The van der Waals surface area contributed by atoms with E-state index in [1.165, 1.54) is 0 Å². The first-order chi connectivity index (χ1) is 11.9. The number of anilines is 1. The fourth-order valence-corrected chi connectivity index (χ4v) is 2.82. The summed E-state index contributed by atoms with van der Waals surface area (Å²) in [6.45, 7) is 3.42. The Balaban J connectivity index is 1.79. The summed E-state index contributed by atoms with van der Waals surface area (Å²) in [6, 6.07) is 0.956. The van der Waals surface area contributed by atoms with Crippen LogP contribution in [0.25, 0.3) is 11.2 Å². The van der Waals surface area contributed by atoms with Crippen LogP contribution in [0.2, 0.25) is 0 Å². The minimum absolute atomic E-state index is 0.0389. The second kappa shape index (κ2) is 6.95. The van der Waals surface area contributed by atoms with Gasteiger partial charge < -0.3 is 26.0 Å². The van der Waals surface area contributed by atoms with E-state index in [0.29, 0.717) is 23.3 Å². The minimum Gasteiger partial charge on any atom is -0.458 e. The topological polar surface area (TPSA) is 139 Å². The van der Waals surface area contributed by atoms with Gasteiger partial charge in [-0.25, -0.2) is 9.97 Å². The van der Waals surface area contributed by atoms with Crippen LogP contribution in [0.1, 0.15) is 26.5 Å². The van der Waals surface area contributed by atoms with Crippen LogP contribution in [0.4, 0.5) is 5.69 Å². The highest BCUT2D eigenvalue weighted by atomic mass is 16.6. The number of imidazole rings is 1. The number of nitrogens with two attached hydrogens (primary N) is 2. The van der Waals surface area contributed by atoms with Crippen LogP contribution in [0, 0.1) is 5.92 Å². The molecule has 3 rings (SSSR count). The quantitative estimate of drug-likeness (QED) is 0.650. The number of nitrogens with zero attached hydrogens (tertiary/aromatic N) is 3. The standard InChI is InChI=1S/C16H23N5O4/c1-8(2)13(18)16(23)25-10-5-12(24-11(10)6-22)21-7-20-14-9(17)3-4-19-15(14)21/h3-4,7-8,10-13,22H,5-6,18H2,1-2H3,(H2,17,19)/t10-,11-,12-,13?/m1/s1. The molecule has 0 spiro atoms. The van der Waals surface area contributed by atoms with Crippen LogP contribution in [-0.2, 0) is 14.3 Å². The zero-order chi connectivity index (χ0) is 18.1. The molecule has 136 valence electrons. The van der Waals surface area contributed by atoms with Crippen LogP contribution >= 0.6 is 0 Å². The maximum atomic E-state index is 12.1. The van der Waals surface area contributed by atoms with Crippen molar-refractivity contribution in [1.29, 1.82) is 0 Å². The second-order valence-corrected chi connectivity index (χ2v) is 6.52. The van der Waals surface area contributed by atoms with Gasteiger partial charge in [-0.15, -0.1) is 0 Å². The van der Waals surface area contributed by atoms with E-state index < -0.39 is 30.4 Å². The third kappa shape index (κ3) is 3.30. The van der Waals surface area contributed by atoms with Crippen LogP contribution in [0.3, 0.4) is 0 Å². The molecule has 0 aliphatic carbocycles. The van der Waals surface area contributed by atoms with E-state index in [0.717, 1.165) is 0 Å². The molecule has 2 aromatic heterocycles. The van der Waals surface area contributed by atoms with Crippen LogP contribution < -0.4 is 11.5 Å². The summed E-state index contributed by atoms with van der Waals surface area (Å²) < 4.78 is 13.0. The fourth-order valence-electron chi connectivity index (χ4n) is 2.82. The van der Waals surface area contributed by atoms with Gasteiger partial charge in [0.15, 0.2) is 5.65 Å². The zero-order valence-corrected chi connectivity index (χ0v) is 14.2. The van der Waals surface area contributed by atoms with Crippen molar-refractivity contribution in [3.05, 3.63) is 18.6 Å². The van der Waals surface area contributed by atoms with Gasteiger partial charge in [0.2, 0.25) is 0 Å². The van der Waals surface area contributed by atoms with Crippen molar-refractivity contribution in [2.75, 3.05) is 12.3 Å². The number of pyridine rings is 1. The Labute approximate surface area is 144 Å². The van der Waals surface area contributed by atoms with Gasteiger partial charge >= 0.3 is 5.97 Å². The summed E-state index contributed by atoms with van der Waals surface area (Å²) >= 11 is 0. The number of aliphatic hydroxyl groups excluding tert-OH is 1. The van der Waals surface area contributed by atoms with Gasteiger partial charge in [-0.3, -0.25) is 9.36 Å². The van der Waals surface area contributed by atoms with E-state index >= 15 is 0 Å². The molecule has 1 saturated heterocycles. The Morgan fingerprint density at radius 1 is 1.52 bits per heavy atom. The lowest BCUT2D eigenvalue weighted by Crippen LogP contribution is -2.41. The molecule has 0 saturated carbocycles. The Morgan fingerprint density at radius 2 is 2.28 bits per heavy atom. The van der Waals surface area contributed by atoms with Crippen LogP contribution in [-0.4, -0.2) is 50.5 Å². The molecule has 0 aromatic carbocycles. The van der Waals surface area contributed by atoms with Gasteiger partial charge in [-0.05, 0) is 12.0 Å². The monoisotopic (exact) mass is 349 g/mol. The highest BCUT2D eigenvalue weighted by Gasteiger charge is 2.40. The number of nitrogen functional groups attached to an aromatic ring is 1. The number of esters is 1. The number of carbonyl (C=O) groups is 1. The van der Waals surface area contributed by atoms with Gasteiger partial charge in [0.25, 0.3) is 0 Å². The van der Waals surface area contributed by atoms with Crippen molar-refractivity contribution in [2.45, 2.75) is 44.7 Å². The first-order valence-electron chi connectivity index (χ1n) is 8.21. The van der Waals surface area contributed by atoms with Crippen molar-refractivity contribution >= 4 is 22.8 Å². The lowest BCUT2D eigenvalue weighted by molar-refractivity contribution is -0.155. The largest absolute Gasteiger partial charge is 0.458 e. The Morgan fingerprint density at radius 3 is 2.96 bits per heavy atom. The van der Waals surface area contributed by atoms with Crippen LogP contribution in [0.5, 0.6) is 0 Å². The van der Waals surface area contributed by atoms with Crippen molar-refractivity contribution in [3.8, 4) is 0 Å². The fraction of sp³-hybridized carbons (Fsp3) is 0.562. The summed E-state index contributed by atoms with van der Waals surface area (Å²) in [4.78, 5) is 20.7. The molecule has 0 radical (unpaired) electrons. The summed E-state index contributed by atoms with van der Waals surface area (Å²) in [7, 11) is 0. The molecule has 2 aromatic rings. The van der Waals surface area contributed by atoms with E-state index in [9.17, 15) is 9.90 Å². The molecule has 25 heavy (non-hydrogen) atoms. The smallest absolute Gasteiger partial charge is 0.323 e. The van der Waals surface area contributed by atoms with E-state index in [1.54, 1.807) is 23.2 Å². The number of aromatic nitrogens is 3. The SMILES string of the molecule is CC(C)C(N)C(=O)O[C@@H]1C[C@H](n2cnc3c(N)ccnc32)O[C@@H]1CO. The van der Waals surface area contributed by atoms with E-state index in [-0.39, 0.29) is 12.5 Å². The number of rotatable bonds is 5. The number of ether oxygens (including phenoxy) is 2. The molecule has 0 bridgehead atoms. The number of aliphatic hydroxyl groups is 1. The number of hydrogen-bond donors (Lipinski definition) is 3. The zero-order valence-electron chi connectivity index (χ0n) is 14.2. The maximum Gasteiger partial charge on any atom is 0.323 e. The van der Waals surface area contributed by atoms with Crippen molar-refractivity contribution in [2.24, 2.45) is 11.7 Å². The molecular weight excluding hydrogens is 326 g/mol. The summed E-state index contributed by atoms with van der Waals surface area (Å²) in [5.74, 6) is -0.538. The van der Waals surface area contributed by atoms with Gasteiger partial charge in [0.1, 0.15) is 30.0 Å². The Bertz CT molecular complexity index is 762. The Kier molecular flexibility index (Phi) is 4.89. The van der Waals surface area contributed by atoms with Crippen LogP contribution in [0.15, 0.2) is 18.6 Å². The number of carbonyl (C=O) groups excluding carboxylic acids is 1. The average molecular weight is 349 g/mol. The lowest BCUT2D eigenvalue weighted by atomic mass is 10.1. The predicted octanol–water partition coefficient (Wildman–Crippen LogP) is 0.188. The number of fused-ring (bicyclic) bond motifs is 1. The first kappa shape index (κ1) is 17.6. The van der Waals surface area contributed by atoms with Gasteiger partial charge in [-0.1, -0.05) is 13.8 Å². The normalized spacial score (nSPS) is 24.8. The Hall–Kier alpha value is -2.23. The molecule has 5 N–H and O–H groups in total. The first-order valence-corrected chi connectivity index (χ1v) is 8.21. The van der Waals surface area contributed by atoms with E-state index in [1.807, 2.05) is 13.8 Å². The van der Waals surface area contributed by atoms with E-state index in [2.05, 4.69) is 9.97 Å². The second-order valence-electron chi connectivity index (χ2n) is 6.52. The molecule has 1 aliphatic heterocycles. The lowest BCUT2D eigenvalue weighted by Gasteiger charge is -2.20. The van der Waals surface area contributed by atoms with Gasteiger partial charge in [0, 0.05) is 12.6 Å². The molecule has 1 unspecified atom stereocenters. The third-order valence-electron chi connectivity index (χ3n) is 4.42. The summed E-state index contributed by atoms with van der Waals surface area (Å²) in [5, 5.41) is 9.56. The highest BCUT2D eigenvalue weighted by molar-refractivity contribution is 5.83. The molecule has 4 atom stereocenters. The maximum absolute atomic E-state index is 12.1. The third-order valence-corrected chi connectivity index (χ3v) is 4.42. The minimum atomic E-state index is -0.714. The van der Waals surface area contributed by atoms with Gasteiger partial charge in [0.05, 0.1) is 18.6 Å². The molecule has 3 heterocycles. The molecular formula is C16H23N5O4. The molecule has 9 nitrogen and oxygen atoms in total. The predicted molar refractivity (Wildman–Crippen MR) is 90.2 cm³/mol. The molecule has 1 fully saturated rings. The highest BCUT2D eigenvalue weighted by Crippen LogP contribution is 2.33. The molecule has 9 heteroatoms. The van der Waals surface area contributed by atoms with Crippen molar-refractivity contribution < 1.29 is 19.4 Å². The van der Waals surface area contributed by atoms with E-state index in [4.69, 9.17) is 20.9 Å². The number of hydrogen-bond acceptors (Lipinski definition) is 8. The summed E-state index contributed by atoms with van der Waals surface area (Å²) in [6.07, 6.45) is 1.84. The van der Waals surface area contributed by atoms with Crippen molar-refractivity contribution in [1.82, 2.24) is 14.5 Å². The summed E-state index contributed by atoms with van der Waals surface area (Å²) in [5.41, 5.74) is 13.4. The molecule has 1 aliphatic rings. The van der Waals surface area contributed by atoms with Crippen molar-refractivity contribution in [3.63, 3.8) is 0 Å². The van der Waals surface area contributed by atoms with Gasteiger partial charge in [-0.2, -0.15) is 0 Å².